The van der Waals surface area contributed by atoms with Gasteiger partial charge in [-0.15, -0.1) is 0 Å². The molecule has 0 spiro atoms. The van der Waals surface area contributed by atoms with E-state index in [2.05, 4.69) is 31.2 Å². The van der Waals surface area contributed by atoms with E-state index in [1.807, 2.05) is 0 Å². The number of hydrogen-bond donors (Lipinski definition) is 1. The van der Waals surface area contributed by atoms with E-state index in [1.165, 1.54) is 45.2 Å². The second-order valence-electron chi connectivity index (χ2n) is 4.98. The van der Waals surface area contributed by atoms with E-state index in [9.17, 15) is 0 Å². The van der Waals surface area contributed by atoms with Crippen molar-refractivity contribution in [3.05, 3.63) is 0 Å². The van der Waals surface area contributed by atoms with E-state index in [0.29, 0.717) is 0 Å². The number of hydrogen-bond acceptors (Lipinski definition) is 2. The molecule has 0 heterocycles. The molecule has 84 valence electrons. The molecule has 0 amide bonds. The van der Waals surface area contributed by atoms with Crippen molar-refractivity contribution in [2.45, 2.75) is 45.1 Å². The van der Waals surface area contributed by atoms with E-state index < -0.39 is 0 Å². The van der Waals surface area contributed by atoms with Gasteiger partial charge in [0.05, 0.1) is 0 Å². The van der Waals surface area contributed by atoms with Gasteiger partial charge in [-0.2, -0.15) is 0 Å². The fourth-order valence-electron chi connectivity index (χ4n) is 2.30. The van der Waals surface area contributed by atoms with E-state index in [4.69, 9.17) is 0 Å². The Kier molecular flexibility index (Phi) is 5.49. The van der Waals surface area contributed by atoms with Gasteiger partial charge in [0.15, 0.2) is 0 Å². The summed E-state index contributed by atoms with van der Waals surface area (Å²) in [5, 5.41) is 3.70. The maximum absolute atomic E-state index is 3.70. The first kappa shape index (κ1) is 12.0. The highest BCUT2D eigenvalue weighted by atomic mass is 15.1. The summed E-state index contributed by atoms with van der Waals surface area (Å²) < 4.78 is 0. The smallest absolute Gasteiger partial charge is 0.00926 e. The topological polar surface area (TPSA) is 15.3 Å². The Morgan fingerprint density at radius 3 is 2.57 bits per heavy atom. The molecule has 1 aliphatic rings. The normalized spacial score (nSPS) is 28.3. The van der Waals surface area contributed by atoms with E-state index >= 15 is 0 Å². The molecule has 2 atom stereocenters. The quantitative estimate of drug-likeness (QED) is 0.681. The number of nitrogens with one attached hydrogen (secondary N) is 1. The molecule has 0 unspecified atom stereocenters. The number of rotatable bonds is 5. The molecule has 1 N–H and O–H groups in total. The molecule has 1 saturated carbocycles. The molecule has 1 fully saturated rings. The fraction of sp³-hybridized carbons (Fsp3) is 1.00. The van der Waals surface area contributed by atoms with Crippen LogP contribution in [0.1, 0.15) is 39.0 Å². The average Bonchev–Trinajstić information content (AvgIpc) is 2.15. The third-order valence-corrected chi connectivity index (χ3v) is 3.30. The summed E-state index contributed by atoms with van der Waals surface area (Å²) in [5.41, 5.74) is 0. The highest BCUT2D eigenvalue weighted by molar-refractivity contribution is 4.77. The minimum absolute atomic E-state index is 0.797. The zero-order chi connectivity index (χ0) is 10.4. The summed E-state index contributed by atoms with van der Waals surface area (Å²) in [6.45, 7) is 4.78. The molecule has 0 radical (unpaired) electrons. The molecule has 0 aromatic carbocycles. The van der Waals surface area contributed by atoms with E-state index in [0.717, 1.165) is 12.0 Å². The molecule has 0 saturated heterocycles. The third kappa shape index (κ3) is 4.43. The standard InChI is InChI=1S/C12H26N2/c1-11-7-4-5-8-12(11)13-9-6-10-14(2)3/h11-13H,4-10H2,1-3H3/t11-,12-/m1/s1. The van der Waals surface area contributed by atoms with Gasteiger partial charge in [0, 0.05) is 6.04 Å². The fourth-order valence-corrected chi connectivity index (χ4v) is 2.30. The van der Waals surface area contributed by atoms with Crippen molar-refractivity contribution in [1.82, 2.24) is 10.2 Å². The van der Waals surface area contributed by atoms with Crippen LogP contribution in [0.15, 0.2) is 0 Å². The first-order valence-electron chi connectivity index (χ1n) is 6.08. The minimum atomic E-state index is 0.797. The summed E-state index contributed by atoms with van der Waals surface area (Å²) >= 11 is 0. The SMILES string of the molecule is C[C@@H]1CCCC[C@H]1NCCCN(C)C. The Labute approximate surface area is 89.1 Å². The molecule has 1 aliphatic carbocycles. The van der Waals surface area contributed by atoms with E-state index in [1.54, 1.807) is 0 Å². The Hall–Kier alpha value is -0.0800. The molecule has 0 aromatic rings. The summed E-state index contributed by atoms with van der Waals surface area (Å²) in [4.78, 5) is 2.26. The van der Waals surface area contributed by atoms with Crippen LogP contribution in [-0.2, 0) is 0 Å². The lowest BCUT2D eigenvalue weighted by Crippen LogP contribution is -2.38. The van der Waals surface area contributed by atoms with Crippen molar-refractivity contribution in [2.24, 2.45) is 5.92 Å². The van der Waals surface area contributed by atoms with Gasteiger partial charge in [-0.05, 0) is 52.4 Å². The van der Waals surface area contributed by atoms with Gasteiger partial charge in [0.1, 0.15) is 0 Å². The van der Waals surface area contributed by atoms with Gasteiger partial charge in [0.2, 0.25) is 0 Å². The van der Waals surface area contributed by atoms with Crippen LogP contribution in [0.3, 0.4) is 0 Å². The summed E-state index contributed by atoms with van der Waals surface area (Å²) in [7, 11) is 4.28. The molecular weight excluding hydrogens is 172 g/mol. The molecule has 2 nitrogen and oxygen atoms in total. The molecular formula is C12H26N2. The van der Waals surface area contributed by atoms with Crippen LogP contribution in [0.5, 0.6) is 0 Å². The van der Waals surface area contributed by atoms with Crippen LogP contribution in [0.2, 0.25) is 0 Å². The molecule has 2 heteroatoms. The van der Waals surface area contributed by atoms with Gasteiger partial charge in [-0.25, -0.2) is 0 Å². The zero-order valence-electron chi connectivity index (χ0n) is 10.1. The summed E-state index contributed by atoms with van der Waals surface area (Å²) in [5.74, 6) is 0.892. The maximum Gasteiger partial charge on any atom is 0.00926 e. The van der Waals surface area contributed by atoms with Crippen LogP contribution < -0.4 is 5.32 Å². The van der Waals surface area contributed by atoms with Gasteiger partial charge in [-0.3, -0.25) is 0 Å². The van der Waals surface area contributed by atoms with Crippen LogP contribution >= 0.6 is 0 Å². The second kappa shape index (κ2) is 6.41. The second-order valence-corrected chi connectivity index (χ2v) is 4.98. The first-order chi connectivity index (χ1) is 6.70. The minimum Gasteiger partial charge on any atom is -0.314 e. The molecule has 0 aliphatic heterocycles. The van der Waals surface area contributed by atoms with Crippen molar-refractivity contribution < 1.29 is 0 Å². The Bertz CT molecular complexity index is 145. The monoisotopic (exact) mass is 198 g/mol. The predicted molar refractivity (Wildman–Crippen MR) is 62.6 cm³/mol. The summed E-state index contributed by atoms with van der Waals surface area (Å²) in [6, 6.07) is 0.797. The maximum atomic E-state index is 3.70. The summed E-state index contributed by atoms with van der Waals surface area (Å²) in [6.07, 6.45) is 6.96. The van der Waals surface area contributed by atoms with Gasteiger partial charge in [-0.1, -0.05) is 19.8 Å². The first-order valence-corrected chi connectivity index (χ1v) is 6.08. The van der Waals surface area contributed by atoms with Crippen molar-refractivity contribution in [2.75, 3.05) is 27.2 Å². The predicted octanol–water partition coefficient (Wildman–Crippen LogP) is 2.11. The van der Waals surface area contributed by atoms with Gasteiger partial charge < -0.3 is 10.2 Å². The van der Waals surface area contributed by atoms with Crippen LogP contribution in [0.25, 0.3) is 0 Å². The third-order valence-electron chi connectivity index (χ3n) is 3.30. The van der Waals surface area contributed by atoms with Crippen molar-refractivity contribution in [1.29, 1.82) is 0 Å². The molecule has 0 aromatic heterocycles. The van der Waals surface area contributed by atoms with Gasteiger partial charge >= 0.3 is 0 Å². The Morgan fingerprint density at radius 1 is 1.21 bits per heavy atom. The zero-order valence-corrected chi connectivity index (χ0v) is 10.1. The van der Waals surface area contributed by atoms with E-state index in [-0.39, 0.29) is 0 Å². The van der Waals surface area contributed by atoms with Gasteiger partial charge in [0.25, 0.3) is 0 Å². The van der Waals surface area contributed by atoms with Crippen molar-refractivity contribution in [3.8, 4) is 0 Å². The lowest BCUT2D eigenvalue weighted by atomic mass is 9.86. The Morgan fingerprint density at radius 2 is 1.93 bits per heavy atom. The lowest BCUT2D eigenvalue weighted by Gasteiger charge is -2.29. The largest absolute Gasteiger partial charge is 0.314 e. The Balaban J connectivity index is 2.04. The van der Waals surface area contributed by atoms with Crippen LogP contribution in [0.4, 0.5) is 0 Å². The highest BCUT2D eigenvalue weighted by Gasteiger charge is 2.19. The number of nitrogens with zero attached hydrogens (tertiary/aromatic N) is 1. The lowest BCUT2D eigenvalue weighted by molar-refractivity contribution is 0.275. The van der Waals surface area contributed by atoms with Crippen LogP contribution in [-0.4, -0.2) is 38.1 Å². The van der Waals surface area contributed by atoms with Crippen molar-refractivity contribution >= 4 is 0 Å². The molecule has 0 bridgehead atoms. The van der Waals surface area contributed by atoms with Crippen molar-refractivity contribution in [3.63, 3.8) is 0 Å². The average molecular weight is 198 g/mol. The molecule has 1 rings (SSSR count). The molecule has 14 heavy (non-hydrogen) atoms. The van der Waals surface area contributed by atoms with Crippen LogP contribution in [0, 0.1) is 5.92 Å². The highest BCUT2D eigenvalue weighted by Crippen LogP contribution is 2.23.